The van der Waals surface area contributed by atoms with Gasteiger partial charge in [-0.25, -0.2) is 4.98 Å². The maximum atomic E-state index is 12.1. The van der Waals surface area contributed by atoms with Gasteiger partial charge in [-0.3, -0.25) is 9.78 Å². The van der Waals surface area contributed by atoms with E-state index in [0.717, 1.165) is 30.7 Å². The van der Waals surface area contributed by atoms with Gasteiger partial charge in [0.15, 0.2) is 4.34 Å². The molecule has 1 amide bonds. The maximum Gasteiger partial charge on any atom is 0.230 e. The van der Waals surface area contributed by atoms with Crippen molar-refractivity contribution in [3.63, 3.8) is 0 Å². The van der Waals surface area contributed by atoms with Crippen LogP contribution in [0.15, 0.2) is 64.4 Å². The molecule has 4 aromatic rings. The minimum absolute atomic E-state index is 0.00346. The smallest absolute Gasteiger partial charge is 0.230 e. The Morgan fingerprint density at radius 2 is 2.08 bits per heavy atom. The van der Waals surface area contributed by atoms with Gasteiger partial charge < -0.3 is 5.32 Å². The van der Waals surface area contributed by atoms with E-state index in [9.17, 15) is 4.79 Å². The highest BCUT2D eigenvalue weighted by Crippen LogP contribution is 2.29. The third kappa shape index (κ3) is 4.12. The van der Waals surface area contributed by atoms with Gasteiger partial charge in [-0.2, -0.15) is 0 Å². The molecule has 0 spiro atoms. The Morgan fingerprint density at radius 3 is 2.92 bits per heavy atom. The molecule has 0 bridgehead atoms. The van der Waals surface area contributed by atoms with Crippen LogP contribution in [0.5, 0.6) is 0 Å². The summed E-state index contributed by atoms with van der Waals surface area (Å²) in [5.74, 6) is 0.367. The Bertz CT molecular complexity index is 994. The summed E-state index contributed by atoms with van der Waals surface area (Å²) in [4.78, 5) is 22.2. The molecule has 1 N–H and O–H groups in total. The fourth-order valence-corrected chi connectivity index (χ4v) is 5.03. The highest BCUT2D eigenvalue weighted by molar-refractivity contribution is 8.01. The van der Waals surface area contributed by atoms with Crippen molar-refractivity contribution in [1.29, 1.82) is 0 Å². The van der Waals surface area contributed by atoms with Gasteiger partial charge in [0.2, 0.25) is 5.91 Å². The van der Waals surface area contributed by atoms with E-state index in [2.05, 4.69) is 15.3 Å². The molecule has 3 heterocycles. The number of thioether (sulfide) groups is 1. The van der Waals surface area contributed by atoms with E-state index in [-0.39, 0.29) is 5.91 Å². The molecule has 4 nitrogen and oxygen atoms in total. The molecule has 130 valence electrons. The Balaban J connectivity index is 1.32. The molecule has 3 aromatic heterocycles. The first-order chi connectivity index (χ1) is 12.8. The number of nitrogens with zero attached hydrogens (tertiary/aromatic N) is 2. The van der Waals surface area contributed by atoms with Crippen LogP contribution in [0.25, 0.3) is 20.8 Å². The summed E-state index contributed by atoms with van der Waals surface area (Å²) in [5.41, 5.74) is 2.97. The average Bonchev–Trinajstić information content (AvgIpc) is 3.34. The van der Waals surface area contributed by atoms with E-state index in [1.54, 1.807) is 28.9 Å². The summed E-state index contributed by atoms with van der Waals surface area (Å²) in [7, 11) is 0. The predicted molar refractivity (Wildman–Crippen MR) is 110 cm³/mol. The number of fused-ring (bicyclic) bond motifs is 1. The summed E-state index contributed by atoms with van der Waals surface area (Å²) in [5, 5.41) is 5.00. The summed E-state index contributed by atoms with van der Waals surface area (Å²) < 4.78 is 2.07. The van der Waals surface area contributed by atoms with Crippen molar-refractivity contribution < 1.29 is 4.79 Å². The van der Waals surface area contributed by atoms with Crippen molar-refractivity contribution in [1.82, 2.24) is 15.3 Å². The van der Waals surface area contributed by atoms with Gasteiger partial charge >= 0.3 is 0 Å². The standard InChI is InChI=1S/C19H15N3OS3/c23-18(12-25-19-22-14-4-1-2-5-17(14)26-19)21-11-13-7-8-20-15(10-13)16-6-3-9-24-16/h1-10H,11-12H2,(H,21,23). The molecule has 0 aliphatic carbocycles. The number of carbonyl (C=O) groups excluding carboxylic acids is 1. The molecular weight excluding hydrogens is 382 g/mol. The Morgan fingerprint density at radius 1 is 1.15 bits per heavy atom. The molecule has 4 rings (SSSR count). The first kappa shape index (κ1) is 17.2. The van der Waals surface area contributed by atoms with Crippen LogP contribution >= 0.6 is 34.4 Å². The minimum atomic E-state index is 0.00346. The van der Waals surface area contributed by atoms with Gasteiger partial charge in [0, 0.05) is 12.7 Å². The van der Waals surface area contributed by atoms with Gasteiger partial charge in [-0.05, 0) is 41.3 Å². The van der Waals surface area contributed by atoms with Crippen LogP contribution in [0.4, 0.5) is 0 Å². The lowest BCUT2D eigenvalue weighted by Crippen LogP contribution is -2.24. The molecule has 0 fully saturated rings. The van der Waals surface area contributed by atoms with Crippen LogP contribution in [0.1, 0.15) is 5.56 Å². The van der Waals surface area contributed by atoms with Crippen LogP contribution in [0, 0.1) is 0 Å². The lowest BCUT2D eigenvalue weighted by molar-refractivity contribution is -0.118. The molecule has 0 aliphatic rings. The first-order valence-corrected chi connectivity index (χ1v) is 10.7. The number of para-hydroxylation sites is 1. The lowest BCUT2D eigenvalue weighted by atomic mass is 10.2. The fraction of sp³-hybridized carbons (Fsp3) is 0.105. The number of hydrogen-bond acceptors (Lipinski definition) is 6. The van der Waals surface area contributed by atoms with Crippen LogP contribution < -0.4 is 5.32 Å². The van der Waals surface area contributed by atoms with E-state index >= 15 is 0 Å². The summed E-state index contributed by atoms with van der Waals surface area (Å²) in [6, 6.07) is 16.0. The SMILES string of the molecule is O=C(CSc1nc2ccccc2s1)NCc1ccnc(-c2cccs2)c1. The molecule has 0 unspecified atom stereocenters. The number of thiazole rings is 1. The third-order valence-corrected chi connectivity index (χ3v) is 6.76. The predicted octanol–water partition coefficient (Wildman–Crippen LogP) is 4.83. The van der Waals surface area contributed by atoms with Crippen LogP contribution in [-0.4, -0.2) is 21.6 Å². The first-order valence-electron chi connectivity index (χ1n) is 8.02. The average molecular weight is 398 g/mol. The second-order valence-electron chi connectivity index (χ2n) is 5.54. The molecule has 0 aliphatic heterocycles. The summed E-state index contributed by atoms with van der Waals surface area (Å²) >= 11 is 4.75. The van der Waals surface area contributed by atoms with Gasteiger partial charge in [0.1, 0.15) is 0 Å². The third-order valence-electron chi connectivity index (χ3n) is 3.69. The number of carbonyl (C=O) groups is 1. The van der Waals surface area contributed by atoms with Gasteiger partial charge in [0.05, 0.1) is 26.5 Å². The van der Waals surface area contributed by atoms with Crippen molar-refractivity contribution in [2.24, 2.45) is 0 Å². The number of benzene rings is 1. The van der Waals surface area contributed by atoms with Crippen LogP contribution in [0.3, 0.4) is 0 Å². The zero-order valence-electron chi connectivity index (χ0n) is 13.7. The highest BCUT2D eigenvalue weighted by atomic mass is 32.2. The van der Waals surface area contributed by atoms with Crippen molar-refractivity contribution in [2.75, 3.05) is 5.75 Å². The Kier molecular flexibility index (Phi) is 5.29. The number of rotatable bonds is 6. The fourth-order valence-electron chi connectivity index (χ4n) is 2.44. The van der Waals surface area contributed by atoms with Crippen molar-refractivity contribution in [2.45, 2.75) is 10.9 Å². The normalized spacial score (nSPS) is 10.9. The Hall–Kier alpha value is -2.22. The number of thiophene rings is 1. The summed E-state index contributed by atoms with van der Waals surface area (Å²) in [6.07, 6.45) is 1.78. The number of nitrogens with one attached hydrogen (secondary N) is 1. The number of amides is 1. The molecule has 0 saturated carbocycles. The second-order valence-corrected chi connectivity index (χ2v) is 8.74. The van der Waals surface area contributed by atoms with Crippen LogP contribution in [-0.2, 0) is 11.3 Å². The van der Waals surface area contributed by atoms with Gasteiger partial charge in [0.25, 0.3) is 0 Å². The molecule has 0 atom stereocenters. The molecular formula is C19H15N3OS3. The quantitative estimate of drug-likeness (QED) is 0.474. The van der Waals surface area contributed by atoms with Crippen molar-refractivity contribution in [3.05, 3.63) is 65.7 Å². The van der Waals surface area contributed by atoms with Crippen molar-refractivity contribution >= 4 is 50.6 Å². The monoisotopic (exact) mass is 397 g/mol. The second kappa shape index (κ2) is 7.99. The molecule has 0 radical (unpaired) electrons. The van der Waals surface area contributed by atoms with E-state index in [1.165, 1.54) is 11.8 Å². The van der Waals surface area contributed by atoms with Crippen molar-refractivity contribution in [3.8, 4) is 10.6 Å². The topological polar surface area (TPSA) is 54.9 Å². The number of hydrogen-bond donors (Lipinski definition) is 1. The van der Waals surface area contributed by atoms with E-state index in [4.69, 9.17) is 0 Å². The molecule has 1 aromatic carbocycles. The number of pyridine rings is 1. The highest BCUT2D eigenvalue weighted by Gasteiger charge is 2.08. The van der Waals surface area contributed by atoms with E-state index < -0.39 is 0 Å². The molecule has 7 heteroatoms. The zero-order valence-corrected chi connectivity index (χ0v) is 16.2. The zero-order chi connectivity index (χ0) is 17.8. The van der Waals surface area contributed by atoms with E-state index in [1.807, 2.05) is 53.9 Å². The molecule has 26 heavy (non-hydrogen) atoms. The lowest BCUT2D eigenvalue weighted by Gasteiger charge is -2.06. The maximum absolute atomic E-state index is 12.1. The minimum Gasteiger partial charge on any atom is -0.351 e. The van der Waals surface area contributed by atoms with Crippen LogP contribution in [0.2, 0.25) is 0 Å². The largest absolute Gasteiger partial charge is 0.351 e. The Labute approximate surface area is 163 Å². The summed E-state index contributed by atoms with van der Waals surface area (Å²) in [6.45, 7) is 0.500. The van der Waals surface area contributed by atoms with E-state index in [0.29, 0.717) is 12.3 Å². The molecule has 0 saturated heterocycles. The number of aromatic nitrogens is 2. The van der Waals surface area contributed by atoms with Gasteiger partial charge in [-0.1, -0.05) is 30.0 Å². The van der Waals surface area contributed by atoms with Gasteiger partial charge in [-0.15, -0.1) is 22.7 Å².